The van der Waals surface area contributed by atoms with E-state index >= 15 is 0 Å². The molecule has 0 fully saturated rings. The van der Waals surface area contributed by atoms with Crippen molar-refractivity contribution in [2.45, 2.75) is 11.8 Å². The van der Waals surface area contributed by atoms with Crippen LogP contribution in [0.2, 0.25) is 5.15 Å². The molecule has 0 aliphatic rings. The number of aromatic nitrogens is 1. The van der Waals surface area contributed by atoms with Crippen LogP contribution in [0.25, 0.3) is 0 Å². The molecule has 0 bridgehead atoms. The van der Waals surface area contributed by atoms with Crippen molar-refractivity contribution in [3.63, 3.8) is 0 Å². The molecule has 0 saturated carbocycles. The summed E-state index contributed by atoms with van der Waals surface area (Å²) >= 11 is 5.62. The molecule has 0 saturated heterocycles. The molecule has 1 aromatic heterocycles. The van der Waals surface area contributed by atoms with Crippen LogP contribution in [0, 0.1) is 6.92 Å². The van der Waals surface area contributed by atoms with Crippen molar-refractivity contribution in [2.75, 3.05) is 13.2 Å². The molecule has 2 aromatic rings. The normalized spacial score (nSPS) is 11.3. The molecule has 0 spiro atoms. The number of pyridine rings is 1. The SMILES string of the molecule is Cc1cccc(OCCNS(=O)(=O)c2ccc(Cl)nc2)c1. The van der Waals surface area contributed by atoms with Crippen LogP contribution in [0.1, 0.15) is 5.56 Å². The highest BCUT2D eigenvalue weighted by Gasteiger charge is 2.13. The fraction of sp³-hybridized carbons (Fsp3) is 0.214. The van der Waals surface area contributed by atoms with Gasteiger partial charge in [0.1, 0.15) is 22.4 Å². The van der Waals surface area contributed by atoms with Gasteiger partial charge in [-0.3, -0.25) is 0 Å². The smallest absolute Gasteiger partial charge is 0.242 e. The van der Waals surface area contributed by atoms with E-state index in [9.17, 15) is 8.42 Å². The Morgan fingerprint density at radius 2 is 2.10 bits per heavy atom. The second kappa shape index (κ2) is 6.89. The summed E-state index contributed by atoms with van der Waals surface area (Å²) in [6.07, 6.45) is 1.21. The van der Waals surface area contributed by atoms with Crippen LogP contribution in [0.4, 0.5) is 0 Å². The average Bonchev–Trinajstić information content (AvgIpc) is 2.44. The van der Waals surface area contributed by atoms with Gasteiger partial charge in [0.05, 0.1) is 0 Å². The Morgan fingerprint density at radius 3 is 2.76 bits per heavy atom. The second-order valence-corrected chi connectivity index (χ2v) is 6.53. The number of nitrogens with one attached hydrogen (secondary N) is 1. The van der Waals surface area contributed by atoms with Crippen LogP contribution in [-0.4, -0.2) is 26.6 Å². The van der Waals surface area contributed by atoms with Crippen LogP contribution < -0.4 is 9.46 Å². The molecular weight excluding hydrogens is 312 g/mol. The Hall–Kier alpha value is -1.63. The molecule has 1 aromatic carbocycles. The van der Waals surface area contributed by atoms with Crippen LogP contribution in [0.3, 0.4) is 0 Å². The van der Waals surface area contributed by atoms with Crippen molar-refractivity contribution in [1.82, 2.24) is 9.71 Å². The summed E-state index contributed by atoms with van der Waals surface area (Å²) in [4.78, 5) is 3.82. The molecule has 1 heterocycles. The molecule has 0 amide bonds. The molecule has 21 heavy (non-hydrogen) atoms. The number of hydrogen-bond acceptors (Lipinski definition) is 4. The van der Waals surface area contributed by atoms with Gasteiger partial charge in [0, 0.05) is 12.7 Å². The van der Waals surface area contributed by atoms with Gasteiger partial charge in [0.15, 0.2) is 0 Å². The summed E-state index contributed by atoms with van der Waals surface area (Å²) in [6, 6.07) is 10.4. The summed E-state index contributed by atoms with van der Waals surface area (Å²) in [6.45, 7) is 2.37. The first-order chi connectivity index (χ1) is 9.97. The number of aryl methyl sites for hydroxylation is 1. The predicted molar refractivity (Wildman–Crippen MR) is 81.1 cm³/mol. The van der Waals surface area contributed by atoms with Gasteiger partial charge in [-0.15, -0.1) is 0 Å². The fourth-order valence-electron chi connectivity index (χ4n) is 1.65. The number of ether oxygens (including phenoxy) is 1. The number of sulfonamides is 1. The molecule has 0 aliphatic heterocycles. The summed E-state index contributed by atoms with van der Waals surface area (Å²) in [7, 11) is -3.59. The Bertz CT molecular complexity index is 702. The minimum atomic E-state index is -3.59. The first kappa shape index (κ1) is 15.8. The van der Waals surface area contributed by atoms with Gasteiger partial charge >= 0.3 is 0 Å². The molecular formula is C14H15ClN2O3S. The Labute approximate surface area is 129 Å². The zero-order chi connectivity index (χ0) is 15.3. The summed E-state index contributed by atoms with van der Waals surface area (Å²) in [5.74, 6) is 0.711. The number of halogens is 1. The van der Waals surface area contributed by atoms with E-state index in [-0.39, 0.29) is 23.2 Å². The third kappa shape index (κ3) is 4.70. The summed E-state index contributed by atoms with van der Waals surface area (Å²) in [5.41, 5.74) is 1.08. The van der Waals surface area contributed by atoms with E-state index in [0.29, 0.717) is 5.75 Å². The molecule has 0 radical (unpaired) electrons. The number of rotatable bonds is 6. The maximum absolute atomic E-state index is 12.0. The molecule has 1 N–H and O–H groups in total. The van der Waals surface area contributed by atoms with Crippen molar-refractivity contribution in [3.05, 3.63) is 53.3 Å². The van der Waals surface area contributed by atoms with Crippen molar-refractivity contribution >= 4 is 21.6 Å². The lowest BCUT2D eigenvalue weighted by Gasteiger charge is -2.09. The number of benzene rings is 1. The van der Waals surface area contributed by atoms with Gasteiger partial charge < -0.3 is 4.74 Å². The third-order valence-electron chi connectivity index (χ3n) is 2.66. The highest BCUT2D eigenvalue weighted by atomic mass is 35.5. The summed E-state index contributed by atoms with van der Waals surface area (Å²) in [5, 5.41) is 0.247. The molecule has 0 atom stereocenters. The number of nitrogens with zero attached hydrogens (tertiary/aromatic N) is 1. The maximum Gasteiger partial charge on any atom is 0.242 e. The Balaban J connectivity index is 1.86. The lowest BCUT2D eigenvalue weighted by atomic mass is 10.2. The average molecular weight is 327 g/mol. The fourth-order valence-corrected chi connectivity index (χ4v) is 2.72. The van der Waals surface area contributed by atoms with E-state index in [1.165, 1.54) is 18.3 Å². The maximum atomic E-state index is 12.0. The first-order valence-electron chi connectivity index (χ1n) is 6.28. The van der Waals surface area contributed by atoms with E-state index in [4.69, 9.17) is 16.3 Å². The van der Waals surface area contributed by atoms with Crippen LogP contribution >= 0.6 is 11.6 Å². The highest BCUT2D eigenvalue weighted by Crippen LogP contribution is 2.12. The van der Waals surface area contributed by atoms with Gasteiger partial charge in [-0.2, -0.15) is 0 Å². The minimum absolute atomic E-state index is 0.0717. The van der Waals surface area contributed by atoms with Crippen LogP contribution in [-0.2, 0) is 10.0 Å². The van der Waals surface area contributed by atoms with E-state index in [0.717, 1.165) is 5.56 Å². The van der Waals surface area contributed by atoms with Gasteiger partial charge in [0.2, 0.25) is 10.0 Å². The quantitative estimate of drug-likeness (QED) is 0.654. The topological polar surface area (TPSA) is 68.3 Å². The zero-order valence-corrected chi connectivity index (χ0v) is 13.0. The van der Waals surface area contributed by atoms with E-state index in [2.05, 4.69) is 9.71 Å². The molecule has 5 nitrogen and oxygen atoms in total. The Morgan fingerprint density at radius 1 is 1.29 bits per heavy atom. The molecule has 2 rings (SSSR count). The monoisotopic (exact) mass is 326 g/mol. The standard InChI is InChI=1S/C14H15ClN2O3S/c1-11-3-2-4-12(9-11)20-8-7-17-21(18,19)13-5-6-14(15)16-10-13/h2-6,9-10,17H,7-8H2,1H3. The lowest BCUT2D eigenvalue weighted by molar-refractivity contribution is 0.322. The minimum Gasteiger partial charge on any atom is -0.492 e. The van der Waals surface area contributed by atoms with Crippen molar-refractivity contribution in [3.8, 4) is 5.75 Å². The second-order valence-electron chi connectivity index (χ2n) is 4.38. The largest absolute Gasteiger partial charge is 0.492 e. The van der Waals surface area contributed by atoms with Gasteiger partial charge in [0.25, 0.3) is 0 Å². The Kier molecular flexibility index (Phi) is 5.17. The highest BCUT2D eigenvalue weighted by molar-refractivity contribution is 7.89. The van der Waals surface area contributed by atoms with E-state index in [1.54, 1.807) is 0 Å². The van der Waals surface area contributed by atoms with E-state index in [1.807, 2.05) is 31.2 Å². The molecule has 0 aliphatic carbocycles. The molecule has 112 valence electrons. The van der Waals surface area contributed by atoms with Crippen LogP contribution in [0.5, 0.6) is 5.75 Å². The number of hydrogen-bond donors (Lipinski definition) is 1. The third-order valence-corrected chi connectivity index (χ3v) is 4.33. The van der Waals surface area contributed by atoms with Gasteiger partial charge in [-0.05, 0) is 36.8 Å². The lowest BCUT2D eigenvalue weighted by Crippen LogP contribution is -2.28. The van der Waals surface area contributed by atoms with Crippen molar-refractivity contribution in [1.29, 1.82) is 0 Å². The molecule has 7 heteroatoms. The van der Waals surface area contributed by atoms with Crippen LogP contribution in [0.15, 0.2) is 47.5 Å². The van der Waals surface area contributed by atoms with Crippen molar-refractivity contribution in [2.24, 2.45) is 0 Å². The van der Waals surface area contributed by atoms with Gasteiger partial charge in [-0.1, -0.05) is 23.7 Å². The predicted octanol–water partition coefficient (Wildman–Crippen LogP) is 2.40. The first-order valence-corrected chi connectivity index (χ1v) is 8.14. The van der Waals surface area contributed by atoms with Crippen molar-refractivity contribution < 1.29 is 13.2 Å². The van der Waals surface area contributed by atoms with E-state index < -0.39 is 10.0 Å². The summed E-state index contributed by atoms with van der Waals surface area (Å²) < 4.78 is 31.8. The molecule has 0 unspecified atom stereocenters. The zero-order valence-electron chi connectivity index (χ0n) is 11.4. The van der Waals surface area contributed by atoms with Gasteiger partial charge in [-0.25, -0.2) is 18.1 Å².